The molecule has 2 heteroatoms. The maximum atomic E-state index is 3.90. The Hall–Kier alpha value is -0.340. The minimum atomic E-state index is 1.16. The number of benzene rings is 2. The first-order valence-corrected chi connectivity index (χ1v) is 11.2. The summed E-state index contributed by atoms with van der Waals surface area (Å²) in [4.78, 5) is 0. The molecule has 0 spiro atoms. The topological polar surface area (TPSA) is 0 Å². The van der Waals surface area contributed by atoms with Crippen LogP contribution in [-0.4, -0.2) is 0 Å². The van der Waals surface area contributed by atoms with Crippen LogP contribution in [0.5, 0.6) is 0 Å². The van der Waals surface area contributed by atoms with Gasteiger partial charge in [0.1, 0.15) is 0 Å². The summed E-state index contributed by atoms with van der Waals surface area (Å²) in [6, 6.07) is 8.96. The molecule has 0 aliphatic carbocycles. The standard InChI is InChI=1S/C22H30Br2/c1-3-5-7-9-15-19-17-13-11-12-14-18(17)20(22(24)21(19)23)16-10-8-6-4-2/h11-14H,3-10,15-16H2,1-2H3. The third kappa shape index (κ3) is 5.08. The van der Waals surface area contributed by atoms with Crippen molar-refractivity contribution >= 4 is 42.6 Å². The first kappa shape index (κ1) is 20.0. The maximum absolute atomic E-state index is 3.90. The molecule has 0 aliphatic rings. The molecule has 0 bridgehead atoms. The molecule has 0 radical (unpaired) electrons. The highest BCUT2D eigenvalue weighted by molar-refractivity contribution is 9.13. The molecule has 0 N–H and O–H groups in total. The van der Waals surface area contributed by atoms with Gasteiger partial charge in [-0.3, -0.25) is 0 Å². The Bertz CT molecular complexity index is 589. The van der Waals surface area contributed by atoms with Gasteiger partial charge in [0.05, 0.1) is 0 Å². The van der Waals surface area contributed by atoms with Crippen LogP contribution in [0.4, 0.5) is 0 Å². The molecule has 0 fully saturated rings. The maximum Gasteiger partial charge on any atom is 0.0358 e. The third-order valence-electron chi connectivity index (χ3n) is 4.86. The fourth-order valence-corrected chi connectivity index (χ4v) is 4.76. The van der Waals surface area contributed by atoms with Crippen LogP contribution in [0.15, 0.2) is 33.2 Å². The molecule has 0 heterocycles. The predicted molar refractivity (Wildman–Crippen MR) is 115 cm³/mol. The van der Waals surface area contributed by atoms with Crippen LogP contribution in [-0.2, 0) is 12.8 Å². The van der Waals surface area contributed by atoms with E-state index < -0.39 is 0 Å². The second-order valence-corrected chi connectivity index (χ2v) is 8.34. The molecular formula is C22H30Br2. The average molecular weight is 454 g/mol. The molecule has 132 valence electrons. The number of aryl methyl sites for hydroxylation is 2. The summed E-state index contributed by atoms with van der Waals surface area (Å²) < 4.78 is 2.56. The summed E-state index contributed by atoms with van der Waals surface area (Å²) in [7, 11) is 0. The summed E-state index contributed by atoms with van der Waals surface area (Å²) in [5, 5.41) is 2.88. The first-order chi connectivity index (χ1) is 11.7. The molecule has 2 aromatic rings. The van der Waals surface area contributed by atoms with E-state index in [4.69, 9.17) is 0 Å². The zero-order chi connectivity index (χ0) is 17.4. The Morgan fingerprint density at radius 3 is 1.42 bits per heavy atom. The number of hydrogen-bond acceptors (Lipinski definition) is 0. The van der Waals surface area contributed by atoms with E-state index in [0.29, 0.717) is 0 Å². The van der Waals surface area contributed by atoms with Gasteiger partial charge in [0, 0.05) is 8.95 Å². The van der Waals surface area contributed by atoms with Gasteiger partial charge in [-0.05, 0) is 79.4 Å². The molecule has 0 aromatic heterocycles. The number of unbranched alkanes of at least 4 members (excludes halogenated alkanes) is 6. The lowest BCUT2D eigenvalue weighted by molar-refractivity contribution is 0.664. The van der Waals surface area contributed by atoms with Crippen molar-refractivity contribution in [2.45, 2.75) is 78.1 Å². The molecule has 2 rings (SSSR count). The molecule has 0 saturated heterocycles. The zero-order valence-corrected chi connectivity index (χ0v) is 18.3. The summed E-state index contributed by atoms with van der Waals surface area (Å²) >= 11 is 7.79. The van der Waals surface area contributed by atoms with Crippen LogP contribution in [0, 0.1) is 0 Å². The monoisotopic (exact) mass is 452 g/mol. The quantitative estimate of drug-likeness (QED) is 0.315. The van der Waals surface area contributed by atoms with Crippen LogP contribution >= 0.6 is 31.9 Å². The van der Waals surface area contributed by atoms with E-state index in [1.165, 1.54) is 82.2 Å². The Morgan fingerprint density at radius 2 is 1.04 bits per heavy atom. The van der Waals surface area contributed by atoms with Crippen LogP contribution in [0.3, 0.4) is 0 Å². The highest BCUT2D eigenvalue weighted by Gasteiger charge is 2.15. The van der Waals surface area contributed by atoms with Gasteiger partial charge >= 0.3 is 0 Å². The van der Waals surface area contributed by atoms with Gasteiger partial charge < -0.3 is 0 Å². The zero-order valence-electron chi connectivity index (χ0n) is 15.1. The molecule has 0 amide bonds. The Balaban J connectivity index is 2.30. The minimum absolute atomic E-state index is 1.16. The lowest BCUT2D eigenvalue weighted by atomic mass is 9.93. The molecular weight excluding hydrogens is 424 g/mol. The van der Waals surface area contributed by atoms with E-state index >= 15 is 0 Å². The summed E-state index contributed by atoms with van der Waals surface area (Å²) in [5.41, 5.74) is 2.96. The lowest BCUT2D eigenvalue weighted by Gasteiger charge is -2.17. The van der Waals surface area contributed by atoms with Crippen molar-refractivity contribution in [3.05, 3.63) is 44.3 Å². The van der Waals surface area contributed by atoms with Gasteiger partial charge in [-0.1, -0.05) is 76.6 Å². The Kier molecular flexibility index (Phi) is 8.83. The van der Waals surface area contributed by atoms with E-state index in [1.807, 2.05) is 0 Å². The Morgan fingerprint density at radius 1 is 0.625 bits per heavy atom. The van der Waals surface area contributed by atoms with Crippen LogP contribution < -0.4 is 0 Å². The second-order valence-electron chi connectivity index (χ2n) is 6.75. The van der Waals surface area contributed by atoms with Gasteiger partial charge in [0.25, 0.3) is 0 Å². The number of fused-ring (bicyclic) bond motifs is 1. The SMILES string of the molecule is CCCCCCc1c(Br)c(Br)c(CCCCCC)c2ccccc12. The Labute approximate surface area is 164 Å². The van der Waals surface area contributed by atoms with Crippen molar-refractivity contribution in [1.29, 1.82) is 0 Å². The predicted octanol–water partition coefficient (Wildman–Crippen LogP) is 8.61. The van der Waals surface area contributed by atoms with E-state index in [2.05, 4.69) is 70.0 Å². The highest BCUT2D eigenvalue weighted by Crippen LogP contribution is 2.39. The fourth-order valence-electron chi connectivity index (χ4n) is 3.46. The fraction of sp³-hybridized carbons (Fsp3) is 0.545. The van der Waals surface area contributed by atoms with Gasteiger partial charge in [0.15, 0.2) is 0 Å². The first-order valence-electron chi connectivity index (χ1n) is 9.58. The van der Waals surface area contributed by atoms with Gasteiger partial charge in [-0.15, -0.1) is 0 Å². The van der Waals surface area contributed by atoms with Crippen molar-refractivity contribution in [2.75, 3.05) is 0 Å². The average Bonchev–Trinajstić information content (AvgIpc) is 2.60. The third-order valence-corrected chi connectivity index (χ3v) is 7.14. The molecule has 0 saturated carbocycles. The molecule has 24 heavy (non-hydrogen) atoms. The minimum Gasteiger partial charge on any atom is -0.0654 e. The van der Waals surface area contributed by atoms with Crippen LogP contribution in [0.2, 0.25) is 0 Å². The summed E-state index contributed by atoms with van der Waals surface area (Å²) in [5.74, 6) is 0. The number of hydrogen-bond donors (Lipinski definition) is 0. The van der Waals surface area contributed by atoms with Crippen molar-refractivity contribution < 1.29 is 0 Å². The van der Waals surface area contributed by atoms with Crippen molar-refractivity contribution in [1.82, 2.24) is 0 Å². The van der Waals surface area contributed by atoms with Gasteiger partial charge in [0.2, 0.25) is 0 Å². The van der Waals surface area contributed by atoms with Crippen molar-refractivity contribution in [3.8, 4) is 0 Å². The largest absolute Gasteiger partial charge is 0.0654 e. The number of halogens is 2. The molecule has 0 aliphatic heterocycles. The van der Waals surface area contributed by atoms with Gasteiger partial charge in [-0.25, -0.2) is 0 Å². The normalized spacial score (nSPS) is 11.3. The highest BCUT2D eigenvalue weighted by atomic mass is 79.9. The molecule has 0 unspecified atom stereocenters. The van der Waals surface area contributed by atoms with Crippen LogP contribution in [0.25, 0.3) is 10.8 Å². The van der Waals surface area contributed by atoms with E-state index in [-0.39, 0.29) is 0 Å². The van der Waals surface area contributed by atoms with Crippen molar-refractivity contribution in [3.63, 3.8) is 0 Å². The molecule has 2 aromatic carbocycles. The molecule has 0 nitrogen and oxygen atoms in total. The lowest BCUT2D eigenvalue weighted by Crippen LogP contribution is -1.98. The summed E-state index contributed by atoms with van der Waals surface area (Å²) in [6.45, 7) is 4.55. The molecule has 0 atom stereocenters. The van der Waals surface area contributed by atoms with Crippen molar-refractivity contribution in [2.24, 2.45) is 0 Å². The number of rotatable bonds is 10. The van der Waals surface area contributed by atoms with Gasteiger partial charge in [-0.2, -0.15) is 0 Å². The van der Waals surface area contributed by atoms with E-state index in [0.717, 1.165) is 12.8 Å². The second kappa shape index (κ2) is 10.6. The van der Waals surface area contributed by atoms with E-state index in [1.54, 1.807) is 0 Å². The van der Waals surface area contributed by atoms with E-state index in [9.17, 15) is 0 Å². The summed E-state index contributed by atoms with van der Waals surface area (Å²) in [6.07, 6.45) is 12.8. The van der Waals surface area contributed by atoms with Crippen LogP contribution in [0.1, 0.15) is 76.3 Å². The smallest absolute Gasteiger partial charge is 0.0358 e.